The van der Waals surface area contributed by atoms with Gasteiger partial charge >= 0.3 is 6.16 Å². The molecule has 0 aromatic heterocycles. The number of aliphatic hydroxyl groups is 2. The van der Waals surface area contributed by atoms with Gasteiger partial charge in [-0.05, 0) is 18.6 Å². The molecule has 8 nitrogen and oxygen atoms in total. The minimum atomic E-state index is -1.66. The van der Waals surface area contributed by atoms with E-state index in [4.69, 9.17) is 15.3 Å². The molecule has 2 heterocycles. The molecule has 0 aromatic carbocycles. The van der Waals surface area contributed by atoms with E-state index < -0.39 is 18.0 Å². The highest BCUT2D eigenvalue weighted by Gasteiger charge is 2.33. The summed E-state index contributed by atoms with van der Waals surface area (Å²) >= 11 is 1.69. The molecule has 2 aliphatic rings. The molecule has 0 saturated carbocycles. The Hall–Kier alpha value is -1.32. The normalized spacial score (nSPS) is 20.6. The zero-order valence-corrected chi connectivity index (χ0v) is 11.6. The van der Waals surface area contributed by atoms with Gasteiger partial charge in [0.2, 0.25) is 0 Å². The summed E-state index contributed by atoms with van der Waals surface area (Å²) in [7, 11) is 0. The van der Waals surface area contributed by atoms with Crippen LogP contribution in [0.4, 0.5) is 4.79 Å². The van der Waals surface area contributed by atoms with Crippen LogP contribution in [0, 0.1) is 0 Å². The maximum absolute atomic E-state index is 10.6. The molecule has 0 atom stereocenters. The van der Waals surface area contributed by atoms with Gasteiger partial charge in [0.1, 0.15) is 0 Å². The van der Waals surface area contributed by atoms with E-state index in [1.807, 2.05) is 0 Å². The number of nitrogens with zero attached hydrogens (tertiary/aromatic N) is 1. The average molecular weight is 307 g/mol. The van der Waals surface area contributed by atoms with Gasteiger partial charge in [-0.1, -0.05) is 5.06 Å². The number of hydrogen-bond acceptors (Lipinski definition) is 7. The summed E-state index contributed by atoms with van der Waals surface area (Å²) in [6, 6.07) is 0. The van der Waals surface area contributed by atoms with E-state index in [0.29, 0.717) is 0 Å². The first-order valence-corrected chi connectivity index (χ1v) is 7.05. The molecular weight excluding hydrogens is 290 g/mol. The van der Waals surface area contributed by atoms with Crippen molar-refractivity contribution in [3.8, 4) is 0 Å². The lowest BCUT2D eigenvalue weighted by Crippen LogP contribution is -2.31. The van der Waals surface area contributed by atoms with Gasteiger partial charge in [0, 0.05) is 12.8 Å². The molecule has 2 amide bonds. The number of carbonyl (C=O) groups is 3. The highest BCUT2D eigenvalue weighted by Crippen LogP contribution is 2.36. The van der Waals surface area contributed by atoms with Crippen molar-refractivity contribution in [1.82, 2.24) is 5.06 Å². The number of aliphatic hydroxyl groups excluding tert-OH is 2. The fourth-order valence-corrected chi connectivity index (χ4v) is 2.98. The van der Waals surface area contributed by atoms with Crippen molar-refractivity contribution < 1.29 is 34.5 Å². The Morgan fingerprint density at radius 2 is 1.80 bits per heavy atom. The summed E-state index contributed by atoms with van der Waals surface area (Å²) in [4.78, 5) is 35.0. The van der Waals surface area contributed by atoms with Crippen LogP contribution in [-0.2, 0) is 14.4 Å². The molecule has 114 valence electrons. The highest BCUT2D eigenvalue weighted by atomic mass is 32.2. The van der Waals surface area contributed by atoms with Crippen molar-refractivity contribution in [2.45, 2.75) is 30.4 Å². The number of hydrogen-bond donors (Lipinski definition) is 3. The van der Waals surface area contributed by atoms with E-state index in [1.165, 1.54) is 0 Å². The molecule has 2 rings (SSSR count). The van der Waals surface area contributed by atoms with Gasteiger partial charge in [0.15, 0.2) is 0 Å². The number of thioether (sulfide) groups is 1. The van der Waals surface area contributed by atoms with Gasteiger partial charge in [-0.2, -0.15) is 11.8 Å². The van der Waals surface area contributed by atoms with Crippen molar-refractivity contribution in [1.29, 1.82) is 0 Å². The first kappa shape index (κ1) is 16.7. The van der Waals surface area contributed by atoms with E-state index in [1.54, 1.807) is 11.8 Å². The number of rotatable bonds is 3. The number of carboxylic acid groups (broad SMARTS) is 1. The molecule has 2 saturated heterocycles. The van der Waals surface area contributed by atoms with Gasteiger partial charge in [-0.25, -0.2) is 4.79 Å². The zero-order chi connectivity index (χ0) is 15.2. The number of carbonyl (C=O) groups excluding carboxylic acids is 2. The van der Waals surface area contributed by atoms with Gasteiger partial charge in [-0.15, -0.1) is 0 Å². The number of imide groups is 1. The largest absolute Gasteiger partial charge is 0.531 e. The molecule has 0 bridgehead atoms. The van der Waals surface area contributed by atoms with Crippen molar-refractivity contribution in [3.05, 3.63) is 0 Å². The summed E-state index contributed by atoms with van der Waals surface area (Å²) in [5, 5.41) is 26.0. The monoisotopic (exact) mass is 307 g/mol. The standard InChI is InChI=1S/C6H12O2S.C5H5NO5/c7-4-6(5-8)2-1-3-9-6;7-3-1-2-4(8)6(3)11-5(9)10/h7-8H,1-5H2;1-2H2,(H,9,10). The van der Waals surface area contributed by atoms with Crippen LogP contribution in [0.25, 0.3) is 0 Å². The van der Waals surface area contributed by atoms with Gasteiger partial charge in [0.05, 0.1) is 18.0 Å². The molecule has 0 radical (unpaired) electrons. The van der Waals surface area contributed by atoms with Crippen LogP contribution < -0.4 is 0 Å². The van der Waals surface area contributed by atoms with Crippen molar-refractivity contribution in [2.75, 3.05) is 19.0 Å². The Labute approximate surface area is 119 Å². The predicted octanol–water partition coefficient (Wildman–Crippen LogP) is -0.0182. The van der Waals surface area contributed by atoms with Crippen LogP contribution in [0.15, 0.2) is 0 Å². The number of hydroxylamine groups is 2. The van der Waals surface area contributed by atoms with Gasteiger partial charge < -0.3 is 15.3 Å². The molecule has 3 N–H and O–H groups in total. The van der Waals surface area contributed by atoms with E-state index in [-0.39, 0.29) is 35.9 Å². The highest BCUT2D eigenvalue weighted by molar-refractivity contribution is 8.00. The van der Waals surface area contributed by atoms with Gasteiger partial charge in [-0.3, -0.25) is 14.4 Å². The third-order valence-electron chi connectivity index (χ3n) is 2.94. The van der Waals surface area contributed by atoms with Crippen LogP contribution in [0.5, 0.6) is 0 Å². The fraction of sp³-hybridized carbons (Fsp3) is 0.727. The molecule has 0 aliphatic carbocycles. The summed E-state index contributed by atoms with van der Waals surface area (Å²) in [5.41, 5.74) is 0. The SMILES string of the molecule is O=C(O)ON1C(=O)CCC1=O.OCC1(CO)CCCS1. The molecular formula is C11H17NO7S. The summed E-state index contributed by atoms with van der Waals surface area (Å²) in [6.45, 7) is 0.238. The van der Waals surface area contributed by atoms with E-state index in [0.717, 1.165) is 18.6 Å². The fourth-order valence-electron chi connectivity index (χ4n) is 1.79. The number of amides is 2. The maximum Gasteiger partial charge on any atom is 0.531 e. The van der Waals surface area contributed by atoms with Crippen LogP contribution in [0.2, 0.25) is 0 Å². The first-order chi connectivity index (χ1) is 9.44. The molecule has 2 fully saturated rings. The third kappa shape index (κ3) is 4.36. The quantitative estimate of drug-likeness (QED) is 0.621. The molecule has 0 spiro atoms. The van der Waals surface area contributed by atoms with E-state index in [2.05, 4.69) is 4.84 Å². The molecule has 0 unspecified atom stereocenters. The Balaban J connectivity index is 0.000000204. The Kier molecular flexibility index (Phi) is 6.24. The average Bonchev–Trinajstić information content (AvgIpc) is 3.02. The molecule has 9 heteroatoms. The van der Waals surface area contributed by atoms with Crippen molar-refractivity contribution in [2.24, 2.45) is 0 Å². The van der Waals surface area contributed by atoms with Crippen molar-refractivity contribution >= 4 is 29.7 Å². The summed E-state index contributed by atoms with van der Waals surface area (Å²) < 4.78 is -0.194. The minimum Gasteiger partial charge on any atom is -0.448 e. The predicted molar refractivity (Wildman–Crippen MR) is 68.8 cm³/mol. The van der Waals surface area contributed by atoms with Crippen LogP contribution in [0.1, 0.15) is 25.7 Å². The van der Waals surface area contributed by atoms with Crippen LogP contribution in [0.3, 0.4) is 0 Å². The second kappa shape index (κ2) is 7.46. The molecule has 2 aliphatic heterocycles. The van der Waals surface area contributed by atoms with E-state index in [9.17, 15) is 14.4 Å². The molecule has 20 heavy (non-hydrogen) atoms. The van der Waals surface area contributed by atoms with Crippen molar-refractivity contribution in [3.63, 3.8) is 0 Å². The minimum absolute atomic E-state index is 0.0200. The maximum atomic E-state index is 10.6. The lowest BCUT2D eigenvalue weighted by molar-refractivity contribution is -0.175. The summed E-state index contributed by atoms with van der Waals surface area (Å²) in [6.07, 6.45) is 0.475. The Morgan fingerprint density at radius 1 is 1.25 bits per heavy atom. The van der Waals surface area contributed by atoms with Gasteiger partial charge in [0.25, 0.3) is 11.8 Å². The van der Waals surface area contributed by atoms with Crippen LogP contribution >= 0.6 is 11.8 Å². The van der Waals surface area contributed by atoms with Crippen LogP contribution in [-0.4, -0.2) is 62.1 Å². The first-order valence-electron chi connectivity index (χ1n) is 6.06. The third-order valence-corrected chi connectivity index (χ3v) is 4.50. The lowest BCUT2D eigenvalue weighted by Gasteiger charge is -2.21. The smallest absolute Gasteiger partial charge is 0.448 e. The topological polar surface area (TPSA) is 124 Å². The van der Waals surface area contributed by atoms with E-state index >= 15 is 0 Å². The second-order valence-electron chi connectivity index (χ2n) is 4.39. The second-order valence-corrected chi connectivity index (χ2v) is 5.95. The Bertz CT molecular complexity index is 359. The molecule has 0 aromatic rings. The summed E-state index contributed by atoms with van der Waals surface area (Å²) in [5.74, 6) is -0.143. The Morgan fingerprint density at radius 3 is 2.10 bits per heavy atom. The zero-order valence-electron chi connectivity index (χ0n) is 10.8. The lowest BCUT2D eigenvalue weighted by atomic mass is 10.1.